The molecule has 0 aromatic heterocycles. The van der Waals surface area contributed by atoms with Crippen molar-refractivity contribution in [3.05, 3.63) is 29.3 Å². The Balaban J connectivity index is 3.54. The highest BCUT2D eigenvalue weighted by Crippen LogP contribution is 2.15. The van der Waals surface area contributed by atoms with Crippen molar-refractivity contribution in [1.82, 2.24) is 0 Å². The fourth-order valence-electron chi connectivity index (χ4n) is 1.07. The molecule has 0 fully saturated rings. The van der Waals surface area contributed by atoms with E-state index in [0.29, 0.717) is 0 Å². The zero-order chi connectivity index (χ0) is 12.5. The fraction of sp³-hybridized carbons (Fsp3) is 0.111. The first kappa shape index (κ1) is 12.3. The van der Waals surface area contributed by atoms with Crippen LogP contribution in [0.25, 0.3) is 0 Å². The highest BCUT2D eigenvalue weighted by molar-refractivity contribution is 7.85. The van der Waals surface area contributed by atoms with Gasteiger partial charge in [0.2, 0.25) is 0 Å². The van der Waals surface area contributed by atoms with Gasteiger partial charge < -0.3 is 5.11 Å². The normalized spacial score (nSPS) is 11.1. The van der Waals surface area contributed by atoms with Crippen molar-refractivity contribution in [3.63, 3.8) is 0 Å². The number of hydrogen-bond acceptors (Lipinski definition) is 4. The number of carboxylic acids is 1. The number of carbonyl (C=O) groups is 2. The number of Topliss-reactive ketones (excluding diaryl/α,β-unsaturated/α-hetero) is 1. The van der Waals surface area contributed by atoms with Gasteiger partial charge in [-0.15, -0.1) is 0 Å². The average Bonchev–Trinajstić information content (AvgIpc) is 2.15. The van der Waals surface area contributed by atoms with Crippen molar-refractivity contribution in [2.45, 2.75) is 11.8 Å². The van der Waals surface area contributed by atoms with Gasteiger partial charge in [-0.1, -0.05) is 0 Å². The van der Waals surface area contributed by atoms with Gasteiger partial charge in [0.25, 0.3) is 10.1 Å². The van der Waals surface area contributed by atoms with Crippen LogP contribution >= 0.6 is 0 Å². The molecule has 1 rings (SSSR count). The van der Waals surface area contributed by atoms with E-state index in [9.17, 15) is 18.0 Å². The van der Waals surface area contributed by atoms with Gasteiger partial charge in [-0.2, -0.15) is 8.42 Å². The van der Waals surface area contributed by atoms with Crippen LogP contribution in [0, 0.1) is 0 Å². The van der Waals surface area contributed by atoms with Gasteiger partial charge in [0.1, 0.15) is 0 Å². The molecule has 7 heteroatoms. The number of rotatable bonds is 3. The second-order valence-corrected chi connectivity index (χ2v) is 4.50. The maximum atomic E-state index is 11.0. The van der Waals surface area contributed by atoms with E-state index in [4.69, 9.17) is 9.66 Å². The number of ketones is 1. The lowest BCUT2D eigenvalue weighted by molar-refractivity contribution is 0.0696. The number of benzene rings is 1. The second-order valence-electron chi connectivity index (χ2n) is 3.08. The SMILES string of the molecule is CC(=O)c1cc(C(=O)O)cc(S(=O)(=O)O)c1. The molecular weight excluding hydrogens is 236 g/mol. The van der Waals surface area contributed by atoms with Crippen molar-refractivity contribution in [2.24, 2.45) is 0 Å². The molecule has 0 radical (unpaired) electrons. The molecule has 0 spiro atoms. The van der Waals surface area contributed by atoms with Crippen LogP contribution < -0.4 is 0 Å². The summed E-state index contributed by atoms with van der Waals surface area (Å²) < 4.78 is 30.4. The molecule has 16 heavy (non-hydrogen) atoms. The Morgan fingerprint density at radius 3 is 2.00 bits per heavy atom. The van der Waals surface area contributed by atoms with Crippen molar-refractivity contribution in [3.8, 4) is 0 Å². The molecule has 0 amide bonds. The summed E-state index contributed by atoms with van der Waals surface area (Å²) in [5.74, 6) is -1.87. The zero-order valence-corrected chi connectivity index (χ0v) is 8.98. The van der Waals surface area contributed by atoms with Crippen molar-refractivity contribution in [1.29, 1.82) is 0 Å². The van der Waals surface area contributed by atoms with E-state index in [-0.39, 0.29) is 11.1 Å². The third-order valence-corrected chi connectivity index (χ3v) is 2.69. The Bertz CT molecular complexity index is 525. The molecule has 1 aromatic carbocycles. The summed E-state index contributed by atoms with van der Waals surface area (Å²) in [5.41, 5.74) is -0.465. The summed E-state index contributed by atoms with van der Waals surface area (Å²) in [6.07, 6.45) is 0. The standard InChI is InChI=1S/C9H8O6S/c1-5(10)6-2-7(9(11)12)4-8(3-6)16(13,14)15/h2-4H,1H3,(H,11,12)(H,13,14,15). The Hall–Kier alpha value is -1.73. The van der Waals surface area contributed by atoms with E-state index in [1.54, 1.807) is 0 Å². The second kappa shape index (κ2) is 4.03. The van der Waals surface area contributed by atoms with E-state index in [1.807, 2.05) is 0 Å². The van der Waals surface area contributed by atoms with Crippen molar-refractivity contribution in [2.75, 3.05) is 0 Å². The predicted molar refractivity (Wildman–Crippen MR) is 53.2 cm³/mol. The number of carbonyl (C=O) groups excluding carboxylic acids is 1. The molecule has 0 unspecified atom stereocenters. The summed E-state index contributed by atoms with van der Waals surface area (Å²) in [7, 11) is -4.53. The van der Waals surface area contributed by atoms with Gasteiger partial charge >= 0.3 is 5.97 Å². The summed E-state index contributed by atoms with van der Waals surface area (Å²) in [6.45, 7) is 1.16. The van der Waals surface area contributed by atoms with E-state index in [2.05, 4.69) is 0 Å². The smallest absolute Gasteiger partial charge is 0.335 e. The summed E-state index contributed by atoms with van der Waals surface area (Å²) >= 11 is 0. The van der Waals surface area contributed by atoms with Gasteiger partial charge in [0, 0.05) is 5.56 Å². The van der Waals surface area contributed by atoms with Crippen LogP contribution in [0.4, 0.5) is 0 Å². The molecule has 6 nitrogen and oxygen atoms in total. The third-order valence-electron chi connectivity index (χ3n) is 1.86. The van der Waals surface area contributed by atoms with Crippen LogP contribution in [0.1, 0.15) is 27.6 Å². The van der Waals surface area contributed by atoms with Crippen LogP contribution in [0.15, 0.2) is 23.1 Å². The molecule has 0 saturated heterocycles. The fourth-order valence-corrected chi connectivity index (χ4v) is 1.63. The Labute approximate surface area is 91.3 Å². The molecule has 0 heterocycles. The zero-order valence-electron chi connectivity index (χ0n) is 8.17. The van der Waals surface area contributed by atoms with Crippen LogP contribution in [0.3, 0.4) is 0 Å². The Kier molecular flexibility index (Phi) is 3.11. The molecular formula is C9H8O6S. The van der Waals surface area contributed by atoms with Crippen molar-refractivity contribution >= 4 is 21.9 Å². The van der Waals surface area contributed by atoms with E-state index in [0.717, 1.165) is 25.1 Å². The topological polar surface area (TPSA) is 109 Å². The molecule has 0 atom stereocenters. The minimum absolute atomic E-state index is 0.0903. The van der Waals surface area contributed by atoms with E-state index < -0.39 is 26.8 Å². The third kappa shape index (κ3) is 2.65. The number of carboxylic acid groups (broad SMARTS) is 1. The lowest BCUT2D eigenvalue weighted by Gasteiger charge is -2.03. The number of aromatic carboxylic acids is 1. The van der Waals surface area contributed by atoms with Gasteiger partial charge in [-0.25, -0.2) is 4.79 Å². The highest BCUT2D eigenvalue weighted by atomic mass is 32.2. The molecule has 86 valence electrons. The largest absolute Gasteiger partial charge is 0.478 e. The molecule has 0 aliphatic rings. The van der Waals surface area contributed by atoms with E-state index >= 15 is 0 Å². The van der Waals surface area contributed by atoms with Crippen LogP contribution in [0.2, 0.25) is 0 Å². The van der Waals surface area contributed by atoms with Crippen molar-refractivity contribution < 1.29 is 27.7 Å². The molecule has 0 aliphatic carbocycles. The lowest BCUT2D eigenvalue weighted by Crippen LogP contribution is -2.06. The minimum atomic E-state index is -4.53. The van der Waals surface area contributed by atoms with Gasteiger partial charge in [0.15, 0.2) is 5.78 Å². The molecule has 2 N–H and O–H groups in total. The minimum Gasteiger partial charge on any atom is -0.478 e. The average molecular weight is 244 g/mol. The Morgan fingerprint density at radius 1 is 1.12 bits per heavy atom. The summed E-state index contributed by atoms with van der Waals surface area (Å²) in [4.78, 5) is 21.1. The van der Waals surface area contributed by atoms with Crippen LogP contribution in [-0.2, 0) is 10.1 Å². The summed E-state index contributed by atoms with van der Waals surface area (Å²) in [5, 5.41) is 8.69. The molecule has 0 bridgehead atoms. The maximum absolute atomic E-state index is 11.0. The first-order valence-corrected chi connectivity index (χ1v) is 5.52. The predicted octanol–water partition coefficient (Wildman–Crippen LogP) is 0.834. The Morgan fingerprint density at radius 2 is 1.62 bits per heavy atom. The van der Waals surface area contributed by atoms with Crippen LogP contribution in [-0.4, -0.2) is 29.8 Å². The van der Waals surface area contributed by atoms with Gasteiger partial charge in [-0.3, -0.25) is 9.35 Å². The molecule has 0 aliphatic heterocycles. The molecule has 0 saturated carbocycles. The summed E-state index contributed by atoms with van der Waals surface area (Å²) in [6, 6.07) is 2.74. The highest BCUT2D eigenvalue weighted by Gasteiger charge is 2.16. The van der Waals surface area contributed by atoms with Gasteiger partial charge in [0.05, 0.1) is 10.5 Å². The monoisotopic (exact) mass is 244 g/mol. The van der Waals surface area contributed by atoms with Gasteiger partial charge in [-0.05, 0) is 25.1 Å². The molecule has 1 aromatic rings. The quantitative estimate of drug-likeness (QED) is 0.602. The first-order valence-electron chi connectivity index (χ1n) is 4.08. The lowest BCUT2D eigenvalue weighted by atomic mass is 10.1. The maximum Gasteiger partial charge on any atom is 0.335 e. The first-order chi connectivity index (χ1) is 7.21. The van der Waals surface area contributed by atoms with Crippen LogP contribution in [0.5, 0.6) is 0 Å². The van der Waals surface area contributed by atoms with E-state index in [1.165, 1.54) is 0 Å². The number of hydrogen-bond donors (Lipinski definition) is 2.